The summed E-state index contributed by atoms with van der Waals surface area (Å²) in [5, 5.41) is 6.08. The lowest BCUT2D eigenvalue weighted by molar-refractivity contribution is -0.138. The van der Waals surface area contributed by atoms with Gasteiger partial charge in [0.1, 0.15) is 5.75 Å². The predicted molar refractivity (Wildman–Crippen MR) is 66.6 cm³/mol. The fourth-order valence-electron chi connectivity index (χ4n) is 1.77. The number of carbonyl (C=O) groups is 1. The molecule has 0 amide bonds. The molecule has 0 bridgehead atoms. The largest absolute Gasteiger partial charge is 0.497 e. The third kappa shape index (κ3) is 2.23. The fourth-order valence-corrected chi connectivity index (χ4v) is 1.77. The summed E-state index contributed by atoms with van der Waals surface area (Å²) < 4.78 is 11.8. The minimum atomic E-state index is -0.553. The monoisotopic (exact) mass is 231 g/mol. The van der Waals surface area contributed by atoms with E-state index in [0.29, 0.717) is 0 Å². The normalized spacial score (nSPS) is 12.9. The first kappa shape index (κ1) is 10.1. The van der Waals surface area contributed by atoms with Crippen LogP contribution >= 0.6 is 0 Å². The topological polar surface area (TPSA) is 46.5 Å². The molecule has 0 radical (unpaired) electrons. The number of carboxylic acids is 1. The smallest absolute Gasteiger partial charge is 0.310 e. The summed E-state index contributed by atoms with van der Waals surface area (Å²) in [5.41, 5.74) is 0.838. The Hall–Kier alpha value is -2.03. The molecule has 0 saturated carbocycles. The molecule has 0 heterocycles. The molecule has 0 fully saturated rings. The minimum absolute atomic E-state index is 0.436. The first-order valence-corrected chi connectivity index (χ1v) is 5.40. The molecular formula is C14H14O3. The van der Waals surface area contributed by atoms with Gasteiger partial charge in [0.2, 0.25) is 0 Å². The van der Waals surface area contributed by atoms with Gasteiger partial charge in [-0.3, -0.25) is 4.79 Å². The van der Waals surface area contributed by atoms with Gasteiger partial charge in [-0.2, -0.15) is 0 Å². The molecule has 0 aliphatic rings. The molecule has 17 heavy (non-hydrogen) atoms. The van der Waals surface area contributed by atoms with Crippen LogP contribution in [0.5, 0.6) is 5.75 Å². The van der Waals surface area contributed by atoms with E-state index < -0.39 is 11.9 Å². The summed E-state index contributed by atoms with van der Waals surface area (Å²) in [6.45, 7) is 1.72. The van der Waals surface area contributed by atoms with Gasteiger partial charge >= 0.3 is 5.97 Å². The molecule has 0 aromatic heterocycles. The maximum Gasteiger partial charge on any atom is 0.310 e. The van der Waals surface area contributed by atoms with Crippen LogP contribution in [0.2, 0.25) is 0 Å². The zero-order valence-electron chi connectivity index (χ0n) is 10.8. The van der Waals surface area contributed by atoms with Crippen molar-refractivity contribution in [1.82, 2.24) is 0 Å². The van der Waals surface area contributed by atoms with E-state index in [2.05, 4.69) is 5.11 Å². The van der Waals surface area contributed by atoms with Crippen LogP contribution in [0.3, 0.4) is 0 Å². The zero-order chi connectivity index (χ0) is 13.1. The Balaban J connectivity index is 2.42. The lowest BCUT2D eigenvalue weighted by Crippen LogP contribution is -2.06. The van der Waals surface area contributed by atoms with Gasteiger partial charge < -0.3 is 9.85 Å². The maximum absolute atomic E-state index is 11.3. The number of benzene rings is 2. The highest BCUT2D eigenvalue weighted by Gasteiger charge is 2.13. The molecule has 0 aliphatic heterocycles. The van der Waals surface area contributed by atoms with Gasteiger partial charge in [-0.1, -0.05) is 24.3 Å². The zero-order valence-corrected chi connectivity index (χ0v) is 9.77. The van der Waals surface area contributed by atoms with Crippen molar-refractivity contribution in [1.29, 1.82) is 1.43 Å². The van der Waals surface area contributed by atoms with Gasteiger partial charge in [0.15, 0.2) is 0 Å². The molecule has 1 N–H and O–H groups in total. The van der Waals surface area contributed by atoms with Crippen molar-refractivity contribution in [3.05, 3.63) is 42.0 Å². The van der Waals surface area contributed by atoms with E-state index in [-0.39, 0.29) is 0 Å². The second-order valence-corrected chi connectivity index (χ2v) is 4.01. The average molecular weight is 231 g/mol. The Morgan fingerprint density at radius 3 is 2.71 bits per heavy atom. The highest BCUT2D eigenvalue weighted by molar-refractivity contribution is 5.86. The average Bonchev–Trinajstić information content (AvgIpc) is 2.44. The molecule has 0 spiro atoms. The molecule has 3 nitrogen and oxygen atoms in total. The van der Waals surface area contributed by atoms with Gasteiger partial charge in [-0.05, 0) is 35.4 Å². The van der Waals surface area contributed by atoms with Crippen LogP contribution in [0.15, 0.2) is 36.4 Å². The molecular weight excluding hydrogens is 216 g/mol. The summed E-state index contributed by atoms with van der Waals surface area (Å²) in [4.78, 5) is 11.3. The quantitative estimate of drug-likeness (QED) is 0.883. The Kier molecular flexibility index (Phi) is 2.66. The van der Waals surface area contributed by atoms with E-state index in [9.17, 15) is 4.79 Å². The van der Waals surface area contributed by atoms with Gasteiger partial charge in [0, 0.05) is 0 Å². The molecule has 0 saturated heterocycles. The van der Waals surface area contributed by atoms with Crippen LogP contribution in [0, 0.1) is 0 Å². The van der Waals surface area contributed by atoms with Crippen LogP contribution in [-0.2, 0) is 4.79 Å². The number of rotatable bonds is 3. The van der Waals surface area contributed by atoms with Crippen LogP contribution < -0.4 is 4.74 Å². The van der Waals surface area contributed by atoms with Crippen molar-refractivity contribution in [2.45, 2.75) is 12.8 Å². The second-order valence-electron chi connectivity index (χ2n) is 4.01. The van der Waals surface area contributed by atoms with Gasteiger partial charge in [-0.15, -0.1) is 0 Å². The van der Waals surface area contributed by atoms with Gasteiger partial charge in [0.25, 0.3) is 1.43 Å². The number of ether oxygens (including phenoxy) is 1. The molecule has 0 unspecified atom stereocenters. The SMILES string of the molecule is [2H]OC(=O)[C@@H](C)c1ccc2cc(OC)ccc2c1. The van der Waals surface area contributed by atoms with E-state index in [1.54, 1.807) is 14.0 Å². The summed E-state index contributed by atoms with van der Waals surface area (Å²) in [7, 11) is 1.63. The van der Waals surface area contributed by atoms with Crippen LogP contribution in [0.25, 0.3) is 12.2 Å². The van der Waals surface area contributed by atoms with E-state index in [1.807, 2.05) is 36.4 Å². The summed E-state index contributed by atoms with van der Waals surface area (Å²) in [5.74, 6) is -0.189. The third-order valence-electron chi connectivity index (χ3n) is 2.93. The maximum atomic E-state index is 11.3. The summed E-state index contributed by atoms with van der Waals surface area (Å²) in [6, 6.07) is 11.5. The van der Waals surface area contributed by atoms with E-state index in [0.717, 1.165) is 22.1 Å². The highest BCUT2D eigenvalue weighted by Crippen LogP contribution is 2.25. The molecule has 88 valence electrons. The van der Waals surface area contributed by atoms with E-state index in [4.69, 9.17) is 6.17 Å². The molecule has 3 heteroatoms. The van der Waals surface area contributed by atoms with Crippen LogP contribution in [-0.4, -0.2) is 18.2 Å². The third-order valence-corrected chi connectivity index (χ3v) is 2.93. The van der Waals surface area contributed by atoms with Gasteiger partial charge in [-0.25, -0.2) is 0 Å². The van der Waals surface area contributed by atoms with Crippen molar-refractivity contribution >= 4 is 16.7 Å². The fraction of sp³-hybridized carbons (Fsp3) is 0.214. The number of hydrogen-bond acceptors (Lipinski definition) is 3. The van der Waals surface area contributed by atoms with Crippen molar-refractivity contribution < 1.29 is 14.6 Å². The minimum Gasteiger partial charge on any atom is -0.497 e. The number of fused-ring (bicyclic) bond motifs is 1. The van der Waals surface area contributed by atoms with E-state index >= 15 is 0 Å². The van der Waals surface area contributed by atoms with Crippen molar-refractivity contribution in [2.75, 3.05) is 7.11 Å². The second kappa shape index (κ2) is 4.45. The first-order valence-electron chi connectivity index (χ1n) is 5.81. The molecule has 1 atom stereocenters. The Bertz CT molecular complexity index is 580. The molecule has 2 aromatic carbocycles. The molecule has 2 aromatic rings. The number of methoxy groups -OCH3 is 1. The van der Waals surface area contributed by atoms with Gasteiger partial charge in [0.05, 0.1) is 13.0 Å². The summed E-state index contributed by atoms with van der Waals surface area (Å²) in [6.07, 6.45) is 0. The van der Waals surface area contributed by atoms with Crippen LogP contribution in [0.4, 0.5) is 0 Å². The molecule has 0 aliphatic carbocycles. The highest BCUT2D eigenvalue weighted by atomic mass is 16.5. The molecule has 2 rings (SSSR count). The first-order chi connectivity index (χ1) is 8.65. The standard InChI is InChI=1S/C14H14O3/c1-9(14(15)16)10-3-4-12-8-13(17-2)6-5-11(12)7-10/h3-9H,1-2H3,(H,15,16)/t9-/m0/s1/i/hD. The Morgan fingerprint density at radius 2 is 2.00 bits per heavy atom. The number of carboxylic acid groups (broad SMARTS) is 1. The predicted octanol–water partition coefficient (Wildman–Crippen LogP) is 3.04. The Morgan fingerprint density at radius 1 is 1.29 bits per heavy atom. The van der Waals surface area contributed by atoms with Crippen molar-refractivity contribution in [3.8, 4) is 5.75 Å². The Labute approximate surface area is 101 Å². The number of aliphatic carboxylic acids is 1. The van der Waals surface area contributed by atoms with Crippen molar-refractivity contribution in [2.24, 2.45) is 0 Å². The van der Waals surface area contributed by atoms with Crippen LogP contribution in [0.1, 0.15) is 18.4 Å². The van der Waals surface area contributed by atoms with E-state index in [1.165, 1.54) is 0 Å². The summed E-state index contributed by atoms with van der Waals surface area (Å²) >= 11 is 0. The van der Waals surface area contributed by atoms with Crippen molar-refractivity contribution in [3.63, 3.8) is 0 Å². The lowest BCUT2D eigenvalue weighted by atomic mass is 9.98. The lowest BCUT2D eigenvalue weighted by Gasteiger charge is -2.08. The number of hydrogen-bond donors (Lipinski definition) is 1.